The van der Waals surface area contributed by atoms with E-state index in [1.807, 2.05) is 52.0 Å². The molecule has 0 atom stereocenters. The summed E-state index contributed by atoms with van der Waals surface area (Å²) in [6.07, 6.45) is 0. The molecule has 0 fully saturated rings. The van der Waals surface area contributed by atoms with Crippen LogP contribution in [0.1, 0.15) is 42.3 Å². The Morgan fingerprint density at radius 1 is 1.00 bits per heavy atom. The molecule has 0 aliphatic heterocycles. The SMILES string of the molecule is Cc1ccccc1CNC(=O)c1cccc(NC(=O)C(C)(C)C)c1. The zero-order chi connectivity index (χ0) is 17.7. The lowest BCUT2D eigenvalue weighted by Gasteiger charge is -2.18. The van der Waals surface area contributed by atoms with Crippen LogP contribution < -0.4 is 10.6 Å². The van der Waals surface area contributed by atoms with Crippen LogP contribution >= 0.6 is 0 Å². The summed E-state index contributed by atoms with van der Waals surface area (Å²) in [5.74, 6) is -0.245. The lowest BCUT2D eigenvalue weighted by molar-refractivity contribution is -0.123. The van der Waals surface area contributed by atoms with Gasteiger partial charge in [0.1, 0.15) is 0 Å². The van der Waals surface area contributed by atoms with Crippen LogP contribution in [0.3, 0.4) is 0 Å². The van der Waals surface area contributed by atoms with Gasteiger partial charge in [0.25, 0.3) is 5.91 Å². The first-order chi connectivity index (χ1) is 11.3. The predicted octanol–water partition coefficient (Wildman–Crippen LogP) is 3.91. The second kappa shape index (κ2) is 7.30. The van der Waals surface area contributed by atoms with E-state index < -0.39 is 5.41 Å². The molecule has 0 saturated carbocycles. The van der Waals surface area contributed by atoms with E-state index in [1.165, 1.54) is 0 Å². The van der Waals surface area contributed by atoms with E-state index in [4.69, 9.17) is 0 Å². The number of carbonyl (C=O) groups is 2. The highest BCUT2D eigenvalue weighted by molar-refractivity contribution is 5.98. The van der Waals surface area contributed by atoms with Crippen molar-refractivity contribution in [2.24, 2.45) is 5.41 Å². The molecule has 4 nitrogen and oxygen atoms in total. The quantitative estimate of drug-likeness (QED) is 0.896. The average molecular weight is 324 g/mol. The highest BCUT2D eigenvalue weighted by Gasteiger charge is 2.21. The topological polar surface area (TPSA) is 58.2 Å². The monoisotopic (exact) mass is 324 g/mol. The van der Waals surface area contributed by atoms with Crippen molar-refractivity contribution >= 4 is 17.5 Å². The van der Waals surface area contributed by atoms with E-state index in [2.05, 4.69) is 10.6 Å². The van der Waals surface area contributed by atoms with Gasteiger partial charge in [-0.25, -0.2) is 0 Å². The Bertz CT molecular complexity index is 745. The van der Waals surface area contributed by atoms with Crippen LogP contribution in [0.2, 0.25) is 0 Å². The molecule has 0 radical (unpaired) electrons. The first kappa shape index (κ1) is 17.7. The van der Waals surface area contributed by atoms with Gasteiger partial charge in [0.2, 0.25) is 5.91 Å². The predicted molar refractivity (Wildman–Crippen MR) is 96.9 cm³/mol. The third-order valence-corrected chi connectivity index (χ3v) is 3.76. The van der Waals surface area contributed by atoms with Crippen LogP contribution in [0.4, 0.5) is 5.69 Å². The van der Waals surface area contributed by atoms with Gasteiger partial charge in [-0.05, 0) is 36.2 Å². The van der Waals surface area contributed by atoms with Crippen LogP contribution in [0.25, 0.3) is 0 Å². The summed E-state index contributed by atoms with van der Waals surface area (Å²) in [5.41, 5.74) is 2.89. The molecule has 0 bridgehead atoms. The molecule has 0 aliphatic rings. The third-order valence-electron chi connectivity index (χ3n) is 3.76. The van der Waals surface area contributed by atoms with Gasteiger partial charge in [-0.15, -0.1) is 0 Å². The highest BCUT2D eigenvalue weighted by Crippen LogP contribution is 2.18. The summed E-state index contributed by atoms with van der Waals surface area (Å²) in [6, 6.07) is 14.9. The lowest BCUT2D eigenvalue weighted by atomic mass is 9.95. The third kappa shape index (κ3) is 4.69. The molecule has 2 aromatic carbocycles. The molecule has 0 heterocycles. The summed E-state index contributed by atoms with van der Waals surface area (Å²) in [5, 5.41) is 5.76. The lowest BCUT2D eigenvalue weighted by Crippen LogP contribution is -2.28. The van der Waals surface area contributed by atoms with E-state index in [0.29, 0.717) is 17.8 Å². The van der Waals surface area contributed by atoms with E-state index in [9.17, 15) is 9.59 Å². The van der Waals surface area contributed by atoms with Crippen molar-refractivity contribution in [2.45, 2.75) is 34.2 Å². The molecule has 2 rings (SSSR count). The normalized spacial score (nSPS) is 11.0. The Hall–Kier alpha value is -2.62. The number of hydrogen-bond donors (Lipinski definition) is 2. The smallest absolute Gasteiger partial charge is 0.251 e. The second-order valence-electron chi connectivity index (χ2n) is 6.89. The van der Waals surface area contributed by atoms with E-state index in [0.717, 1.165) is 11.1 Å². The van der Waals surface area contributed by atoms with Gasteiger partial charge in [0.05, 0.1) is 0 Å². The van der Waals surface area contributed by atoms with Crippen LogP contribution in [-0.2, 0) is 11.3 Å². The number of aryl methyl sites for hydroxylation is 1. The maximum Gasteiger partial charge on any atom is 0.251 e. The Kier molecular flexibility index (Phi) is 5.39. The minimum Gasteiger partial charge on any atom is -0.348 e. The summed E-state index contributed by atoms with van der Waals surface area (Å²) >= 11 is 0. The van der Waals surface area contributed by atoms with Crippen LogP contribution in [0.15, 0.2) is 48.5 Å². The molecular formula is C20H24N2O2. The van der Waals surface area contributed by atoms with Crippen LogP contribution in [-0.4, -0.2) is 11.8 Å². The van der Waals surface area contributed by atoms with Crippen molar-refractivity contribution in [1.82, 2.24) is 5.32 Å². The Labute approximate surface area is 143 Å². The zero-order valence-electron chi connectivity index (χ0n) is 14.6. The summed E-state index contributed by atoms with van der Waals surface area (Å²) in [7, 11) is 0. The van der Waals surface area contributed by atoms with Gasteiger partial charge in [0.15, 0.2) is 0 Å². The summed E-state index contributed by atoms with van der Waals surface area (Å²) in [4.78, 5) is 24.4. The van der Waals surface area contributed by atoms with E-state index in [1.54, 1.807) is 24.3 Å². The molecule has 126 valence electrons. The fourth-order valence-electron chi connectivity index (χ4n) is 2.14. The molecule has 0 aliphatic carbocycles. The van der Waals surface area contributed by atoms with Gasteiger partial charge < -0.3 is 10.6 Å². The van der Waals surface area contributed by atoms with Crippen molar-refractivity contribution < 1.29 is 9.59 Å². The molecule has 0 aromatic heterocycles. The molecule has 2 N–H and O–H groups in total. The number of amides is 2. The number of anilines is 1. The molecule has 2 amide bonds. The Morgan fingerprint density at radius 3 is 2.38 bits per heavy atom. The van der Waals surface area contributed by atoms with Crippen molar-refractivity contribution in [2.75, 3.05) is 5.32 Å². The number of nitrogens with one attached hydrogen (secondary N) is 2. The minimum absolute atomic E-state index is 0.0834. The first-order valence-electron chi connectivity index (χ1n) is 8.01. The number of carbonyl (C=O) groups excluding carboxylic acids is 2. The highest BCUT2D eigenvalue weighted by atomic mass is 16.2. The molecule has 4 heteroatoms. The van der Waals surface area contributed by atoms with Crippen molar-refractivity contribution in [1.29, 1.82) is 0 Å². The first-order valence-corrected chi connectivity index (χ1v) is 8.01. The minimum atomic E-state index is -0.483. The number of hydrogen-bond acceptors (Lipinski definition) is 2. The van der Waals surface area contributed by atoms with Crippen molar-refractivity contribution in [3.63, 3.8) is 0 Å². The summed E-state index contributed by atoms with van der Waals surface area (Å²) < 4.78 is 0. The van der Waals surface area contributed by atoms with Crippen molar-refractivity contribution in [3.8, 4) is 0 Å². The Balaban J connectivity index is 2.04. The number of rotatable bonds is 4. The largest absolute Gasteiger partial charge is 0.348 e. The van der Waals surface area contributed by atoms with Gasteiger partial charge >= 0.3 is 0 Å². The van der Waals surface area contributed by atoms with E-state index in [-0.39, 0.29) is 11.8 Å². The molecular weight excluding hydrogens is 300 g/mol. The van der Waals surface area contributed by atoms with Gasteiger partial charge in [-0.2, -0.15) is 0 Å². The van der Waals surface area contributed by atoms with Gasteiger partial charge in [-0.3, -0.25) is 9.59 Å². The standard InChI is InChI=1S/C20H24N2O2/c1-14-8-5-6-9-16(14)13-21-18(23)15-10-7-11-17(12-15)22-19(24)20(2,3)4/h5-12H,13H2,1-4H3,(H,21,23)(H,22,24). The van der Waals surface area contributed by atoms with Gasteiger partial charge in [0, 0.05) is 23.2 Å². The maximum atomic E-state index is 12.3. The molecule has 0 saturated heterocycles. The van der Waals surface area contributed by atoms with Crippen molar-refractivity contribution in [3.05, 3.63) is 65.2 Å². The average Bonchev–Trinajstić information content (AvgIpc) is 2.53. The zero-order valence-corrected chi connectivity index (χ0v) is 14.6. The van der Waals surface area contributed by atoms with Gasteiger partial charge in [-0.1, -0.05) is 51.1 Å². The fraction of sp³-hybridized carbons (Fsp3) is 0.300. The number of benzene rings is 2. The Morgan fingerprint density at radius 2 is 1.71 bits per heavy atom. The summed E-state index contributed by atoms with van der Waals surface area (Å²) in [6.45, 7) is 8.04. The second-order valence-corrected chi connectivity index (χ2v) is 6.89. The molecule has 2 aromatic rings. The van der Waals surface area contributed by atoms with E-state index >= 15 is 0 Å². The molecule has 0 spiro atoms. The fourth-order valence-corrected chi connectivity index (χ4v) is 2.14. The maximum absolute atomic E-state index is 12.3. The van der Waals surface area contributed by atoms with Crippen LogP contribution in [0, 0.1) is 12.3 Å². The molecule has 24 heavy (non-hydrogen) atoms. The van der Waals surface area contributed by atoms with Crippen LogP contribution in [0.5, 0.6) is 0 Å². The molecule has 0 unspecified atom stereocenters.